The van der Waals surface area contributed by atoms with E-state index >= 15 is 0 Å². The molecule has 0 aliphatic rings. The van der Waals surface area contributed by atoms with Gasteiger partial charge >= 0.3 is 6.09 Å². The monoisotopic (exact) mass is 361 g/mol. The topological polar surface area (TPSA) is 86.8 Å². The first-order chi connectivity index (χ1) is 11.9. The van der Waals surface area contributed by atoms with Gasteiger partial charge in [0.2, 0.25) is 0 Å². The van der Waals surface area contributed by atoms with Crippen molar-refractivity contribution in [2.45, 2.75) is 33.5 Å². The number of nitrogens with zero attached hydrogens (tertiary/aromatic N) is 2. The first kappa shape index (κ1) is 18.7. The molecule has 2 rings (SSSR count). The molecular formula is C18H20ClN3O3. The van der Waals surface area contributed by atoms with Crippen LogP contribution >= 0.6 is 11.6 Å². The Morgan fingerprint density at radius 2 is 2.08 bits per heavy atom. The summed E-state index contributed by atoms with van der Waals surface area (Å²) in [5.74, 6) is 0. The number of amides is 1. The van der Waals surface area contributed by atoms with Crippen molar-refractivity contribution in [2.75, 3.05) is 0 Å². The molecule has 1 heterocycles. The average molecular weight is 362 g/mol. The van der Waals surface area contributed by atoms with Crippen molar-refractivity contribution in [3.05, 3.63) is 63.9 Å². The predicted molar refractivity (Wildman–Crippen MR) is 96.5 cm³/mol. The standard InChI is InChI=1S/C18H20ClN3O3/c1-11-7-8-16(19)15(9-11)17(25-18(20)23)13(3)22-24-10-14-6-4-5-12(2)21-14/h4-9,17H,10H2,1-3H3,(H2,20,23). The first-order valence-electron chi connectivity index (χ1n) is 7.68. The maximum absolute atomic E-state index is 11.3. The van der Waals surface area contributed by atoms with Gasteiger partial charge in [-0.1, -0.05) is 40.5 Å². The number of rotatable bonds is 6. The summed E-state index contributed by atoms with van der Waals surface area (Å²) in [6, 6.07) is 11.0. The number of hydrogen-bond donors (Lipinski definition) is 1. The number of carbonyl (C=O) groups excluding carboxylic acids is 1. The van der Waals surface area contributed by atoms with Crippen LogP contribution < -0.4 is 5.73 Å². The smallest absolute Gasteiger partial charge is 0.405 e. The van der Waals surface area contributed by atoms with Crippen LogP contribution in [0.25, 0.3) is 0 Å². The molecule has 7 heteroatoms. The van der Waals surface area contributed by atoms with Gasteiger partial charge in [-0.3, -0.25) is 4.98 Å². The van der Waals surface area contributed by atoms with Gasteiger partial charge in [-0.05, 0) is 39.0 Å². The summed E-state index contributed by atoms with van der Waals surface area (Å²) in [5.41, 5.74) is 8.80. The van der Waals surface area contributed by atoms with E-state index in [4.69, 9.17) is 26.9 Å². The van der Waals surface area contributed by atoms with Gasteiger partial charge in [-0.15, -0.1) is 0 Å². The van der Waals surface area contributed by atoms with Crippen LogP contribution in [-0.4, -0.2) is 16.8 Å². The van der Waals surface area contributed by atoms with Gasteiger partial charge in [0, 0.05) is 16.3 Å². The minimum atomic E-state index is -0.919. The summed E-state index contributed by atoms with van der Waals surface area (Å²) < 4.78 is 5.18. The molecule has 0 spiro atoms. The fourth-order valence-corrected chi connectivity index (χ4v) is 2.50. The number of halogens is 1. The van der Waals surface area contributed by atoms with Gasteiger partial charge in [0.05, 0.1) is 11.4 Å². The lowest BCUT2D eigenvalue weighted by Gasteiger charge is -2.18. The van der Waals surface area contributed by atoms with Crippen LogP contribution in [0.4, 0.5) is 4.79 Å². The molecular weight excluding hydrogens is 342 g/mol. The zero-order chi connectivity index (χ0) is 18.4. The van der Waals surface area contributed by atoms with E-state index in [2.05, 4.69) is 10.1 Å². The fraction of sp³-hybridized carbons (Fsp3) is 0.278. The van der Waals surface area contributed by atoms with Crippen LogP contribution in [0.15, 0.2) is 41.6 Å². The highest BCUT2D eigenvalue weighted by Crippen LogP contribution is 2.28. The Labute approximate surface area is 151 Å². The van der Waals surface area contributed by atoms with Gasteiger partial charge in [-0.25, -0.2) is 4.79 Å². The lowest BCUT2D eigenvalue weighted by atomic mass is 10.0. The van der Waals surface area contributed by atoms with E-state index in [1.165, 1.54) is 0 Å². The minimum Gasteiger partial charge on any atom is -0.435 e. The molecule has 1 amide bonds. The highest BCUT2D eigenvalue weighted by Gasteiger charge is 2.22. The molecule has 0 fully saturated rings. The Kier molecular flexibility index (Phi) is 6.36. The largest absolute Gasteiger partial charge is 0.435 e. The second-order valence-corrected chi connectivity index (χ2v) is 6.03. The van der Waals surface area contributed by atoms with Crippen LogP contribution in [0.2, 0.25) is 5.02 Å². The van der Waals surface area contributed by atoms with E-state index in [0.717, 1.165) is 17.0 Å². The Morgan fingerprint density at radius 1 is 1.32 bits per heavy atom. The SMILES string of the molecule is CC(=NOCc1cccc(C)n1)C(OC(N)=O)c1cc(C)ccc1Cl. The second-order valence-electron chi connectivity index (χ2n) is 5.62. The molecule has 0 radical (unpaired) electrons. The van der Waals surface area contributed by atoms with Gasteiger partial charge in [0.1, 0.15) is 0 Å². The van der Waals surface area contributed by atoms with E-state index in [1.807, 2.05) is 44.2 Å². The lowest BCUT2D eigenvalue weighted by Crippen LogP contribution is -2.22. The van der Waals surface area contributed by atoms with Crippen molar-refractivity contribution in [3.8, 4) is 0 Å². The molecule has 0 aliphatic heterocycles. The normalized spacial score (nSPS) is 12.6. The third-order valence-electron chi connectivity index (χ3n) is 3.41. The Bertz CT molecular complexity index is 793. The van der Waals surface area contributed by atoms with E-state index in [0.29, 0.717) is 16.3 Å². The number of oxime groups is 1. The number of primary amides is 1. The van der Waals surface area contributed by atoms with E-state index < -0.39 is 12.2 Å². The molecule has 0 bridgehead atoms. The Morgan fingerprint density at radius 3 is 2.76 bits per heavy atom. The van der Waals surface area contributed by atoms with Crippen molar-refractivity contribution in [1.29, 1.82) is 0 Å². The molecule has 1 unspecified atom stereocenters. The molecule has 6 nitrogen and oxygen atoms in total. The summed E-state index contributed by atoms with van der Waals surface area (Å²) in [7, 11) is 0. The number of pyridine rings is 1. The molecule has 2 N–H and O–H groups in total. The second kappa shape index (κ2) is 8.48. The molecule has 0 saturated carbocycles. The number of hydrogen-bond acceptors (Lipinski definition) is 5. The number of aromatic nitrogens is 1. The lowest BCUT2D eigenvalue weighted by molar-refractivity contribution is 0.113. The molecule has 1 aromatic carbocycles. The van der Waals surface area contributed by atoms with E-state index in [-0.39, 0.29) is 6.61 Å². The molecule has 0 saturated heterocycles. The van der Waals surface area contributed by atoms with Gasteiger partial charge < -0.3 is 15.3 Å². The van der Waals surface area contributed by atoms with Crippen molar-refractivity contribution in [1.82, 2.24) is 4.98 Å². The van der Waals surface area contributed by atoms with Crippen LogP contribution in [-0.2, 0) is 16.2 Å². The summed E-state index contributed by atoms with van der Waals surface area (Å²) >= 11 is 6.23. The van der Waals surface area contributed by atoms with E-state index in [9.17, 15) is 4.79 Å². The van der Waals surface area contributed by atoms with Crippen molar-refractivity contribution in [3.63, 3.8) is 0 Å². The molecule has 25 heavy (non-hydrogen) atoms. The quantitative estimate of drug-likeness (QED) is 0.620. The number of benzene rings is 1. The molecule has 0 aliphatic carbocycles. The Hall–Kier alpha value is -2.60. The van der Waals surface area contributed by atoms with Crippen LogP contribution in [0.3, 0.4) is 0 Å². The summed E-state index contributed by atoms with van der Waals surface area (Å²) in [5, 5.41) is 4.49. The third-order valence-corrected chi connectivity index (χ3v) is 3.76. The molecule has 1 atom stereocenters. The first-order valence-corrected chi connectivity index (χ1v) is 8.05. The van der Waals surface area contributed by atoms with Gasteiger partial charge in [-0.2, -0.15) is 0 Å². The summed E-state index contributed by atoms with van der Waals surface area (Å²) in [4.78, 5) is 20.9. The van der Waals surface area contributed by atoms with Crippen LogP contribution in [0, 0.1) is 13.8 Å². The number of carbonyl (C=O) groups is 1. The summed E-state index contributed by atoms with van der Waals surface area (Å²) in [6.07, 6.45) is -1.74. The predicted octanol–water partition coefficient (Wildman–Crippen LogP) is 4.08. The number of ether oxygens (including phenoxy) is 1. The average Bonchev–Trinajstić information content (AvgIpc) is 2.55. The molecule has 132 valence electrons. The Balaban J connectivity index is 2.18. The van der Waals surface area contributed by atoms with Crippen LogP contribution in [0.1, 0.15) is 35.5 Å². The van der Waals surface area contributed by atoms with Gasteiger partial charge in [0.25, 0.3) is 0 Å². The van der Waals surface area contributed by atoms with Crippen molar-refractivity contribution >= 4 is 23.4 Å². The van der Waals surface area contributed by atoms with E-state index in [1.54, 1.807) is 13.0 Å². The maximum atomic E-state index is 11.3. The van der Waals surface area contributed by atoms with Crippen LogP contribution in [0.5, 0.6) is 0 Å². The molecule has 1 aromatic heterocycles. The maximum Gasteiger partial charge on any atom is 0.405 e. The highest BCUT2D eigenvalue weighted by molar-refractivity contribution is 6.31. The number of aryl methyl sites for hydroxylation is 2. The highest BCUT2D eigenvalue weighted by atomic mass is 35.5. The molecule has 2 aromatic rings. The fourth-order valence-electron chi connectivity index (χ4n) is 2.28. The third kappa shape index (κ3) is 5.46. The van der Waals surface area contributed by atoms with Crippen molar-refractivity contribution < 1.29 is 14.4 Å². The number of nitrogens with two attached hydrogens (primary N) is 1. The minimum absolute atomic E-state index is 0.198. The van der Waals surface area contributed by atoms with Gasteiger partial charge in [0.15, 0.2) is 12.7 Å². The van der Waals surface area contributed by atoms with Crippen molar-refractivity contribution in [2.24, 2.45) is 10.9 Å². The zero-order valence-corrected chi connectivity index (χ0v) is 15.1. The summed E-state index contributed by atoms with van der Waals surface area (Å²) in [6.45, 7) is 5.68. The zero-order valence-electron chi connectivity index (χ0n) is 14.3.